The summed E-state index contributed by atoms with van der Waals surface area (Å²) in [7, 11) is 0. The molecule has 2 amide bonds. The van der Waals surface area contributed by atoms with Crippen LogP contribution in [-0.2, 0) is 30.5 Å². The summed E-state index contributed by atoms with van der Waals surface area (Å²) in [5, 5.41) is 22.0. The fourth-order valence-corrected chi connectivity index (χ4v) is 2.62. The summed E-state index contributed by atoms with van der Waals surface area (Å²) < 4.78 is 0. The zero-order chi connectivity index (χ0) is 19.5. The Kier molecular flexibility index (Phi) is 9.54. The SMILES string of the molecule is O=C(CSCC(=O)OO)N[C@@H](CS)C(=O)N[C@@H](Cc1cnc[nH]1)C(=O)O. The van der Waals surface area contributed by atoms with Crippen molar-refractivity contribution < 1.29 is 34.4 Å². The van der Waals surface area contributed by atoms with Crippen molar-refractivity contribution in [2.75, 3.05) is 17.3 Å². The highest BCUT2D eigenvalue weighted by atomic mass is 32.2. The van der Waals surface area contributed by atoms with Gasteiger partial charge in [0.05, 0.1) is 17.8 Å². The number of nitrogens with zero attached hydrogens (tertiary/aromatic N) is 1. The Morgan fingerprint density at radius 2 is 2.00 bits per heavy atom. The number of aromatic nitrogens is 2. The number of hydrogen-bond acceptors (Lipinski definition) is 9. The third kappa shape index (κ3) is 7.76. The Hall–Kier alpha value is -2.25. The minimum atomic E-state index is -1.24. The van der Waals surface area contributed by atoms with Crippen molar-refractivity contribution in [1.29, 1.82) is 0 Å². The lowest BCUT2D eigenvalue weighted by Crippen LogP contribution is -2.53. The number of H-pyrrole nitrogens is 1. The van der Waals surface area contributed by atoms with Gasteiger partial charge in [0.15, 0.2) is 0 Å². The van der Waals surface area contributed by atoms with Crippen LogP contribution in [0.1, 0.15) is 5.69 Å². The number of carbonyl (C=O) groups excluding carboxylic acids is 3. The molecule has 0 spiro atoms. The largest absolute Gasteiger partial charge is 0.480 e. The molecule has 0 unspecified atom stereocenters. The second-order valence-corrected chi connectivity index (χ2v) is 6.29. The quantitative estimate of drug-likeness (QED) is 0.148. The number of nitrogens with one attached hydrogen (secondary N) is 3. The molecule has 0 aliphatic carbocycles. The van der Waals surface area contributed by atoms with Gasteiger partial charge in [0.2, 0.25) is 11.8 Å². The van der Waals surface area contributed by atoms with Gasteiger partial charge in [-0.25, -0.2) is 14.6 Å². The molecule has 5 N–H and O–H groups in total. The lowest BCUT2D eigenvalue weighted by molar-refractivity contribution is -0.230. The molecule has 0 bridgehead atoms. The number of carboxylic acid groups (broad SMARTS) is 1. The molecule has 0 aromatic carbocycles. The van der Waals surface area contributed by atoms with E-state index < -0.39 is 35.8 Å². The van der Waals surface area contributed by atoms with E-state index in [-0.39, 0.29) is 23.7 Å². The number of thiol groups is 1. The monoisotopic (exact) mass is 406 g/mol. The van der Waals surface area contributed by atoms with E-state index in [4.69, 9.17) is 5.26 Å². The maximum atomic E-state index is 12.2. The lowest BCUT2D eigenvalue weighted by atomic mass is 10.1. The normalized spacial score (nSPS) is 12.7. The van der Waals surface area contributed by atoms with Crippen LogP contribution in [0.5, 0.6) is 0 Å². The van der Waals surface area contributed by atoms with Gasteiger partial charge in [0.1, 0.15) is 12.1 Å². The summed E-state index contributed by atoms with van der Waals surface area (Å²) in [4.78, 5) is 56.0. The van der Waals surface area contributed by atoms with Gasteiger partial charge < -0.3 is 25.6 Å². The average molecular weight is 406 g/mol. The van der Waals surface area contributed by atoms with Gasteiger partial charge in [-0.05, 0) is 0 Å². The Morgan fingerprint density at radius 1 is 1.27 bits per heavy atom. The van der Waals surface area contributed by atoms with Crippen molar-refractivity contribution in [3.8, 4) is 0 Å². The van der Waals surface area contributed by atoms with Gasteiger partial charge in [0, 0.05) is 24.1 Å². The van der Waals surface area contributed by atoms with Crippen LogP contribution >= 0.6 is 24.4 Å². The van der Waals surface area contributed by atoms with Crippen molar-refractivity contribution in [3.63, 3.8) is 0 Å². The number of rotatable bonds is 11. The molecule has 0 fully saturated rings. The number of aliphatic carboxylic acids is 1. The third-order valence-electron chi connectivity index (χ3n) is 2.98. The van der Waals surface area contributed by atoms with E-state index in [1.54, 1.807) is 0 Å². The summed E-state index contributed by atoms with van der Waals surface area (Å²) in [5.74, 6) is -3.88. The predicted octanol–water partition coefficient (Wildman–Crippen LogP) is -1.31. The maximum absolute atomic E-state index is 12.2. The number of thioether (sulfide) groups is 1. The minimum Gasteiger partial charge on any atom is -0.480 e. The summed E-state index contributed by atoms with van der Waals surface area (Å²) in [6, 6.07) is -2.27. The van der Waals surface area contributed by atoms with Crippen molar-refractivity contribution in [1.82, 2.24) is 20.6 Å². The van der Waals surface area contributed by atoms with Crippen LogP contribution in [0.4, 0.5) is 0 Å². The highest BCUT2D eigenvalue weighted by Crippen LogP contribution is 2.02. The molecule has 0 saturated heterocycles. The van der Waals surface area contributed by atoms with E-state index in [1.165, 1.54) is 12.5 Å². The number of carboxylic acids is 1. The lowest BCUT2D eigenvalue weighted by Gasteiger charge is -2.20. The summed E-state index contributed by atoms with van der Waals surface area (Å²) in [6.45, 7) is 0. The minimum absolute atomic E-state index is 0.00651. The number of hydrogen-bond donors (Lipinski definition) is 6. The van der Waals surface area contributed by atoms with Crippen LogP contribution in [0.15, 0.2) is 12.5 Å². The second-order valence-electron chi connectivity index (χ2n) is 4.94. The van der Waals surface area contributed by atoms with Crippen molar-refractivity contribution in [2.45, 2.75) is 18.5 Å². The molecule has 1 heterocycles. The van der Waals surface area contributed by atoms with E-state index >= 15 is 0 Å². The van der Waals surface area contributed by atoms with Gasteiger partial charge >= 0.3 is 11.9 Å². The van der Waals surface area contributed by atoms with Crippen LogP contribution in [0.25, 0.3) is 0 Å². The maximum Gasteiger partial charge on any atom is 0.351 e. The fraction of sp³-hybridized carbons (Fsp3) is 0.462. The van der Waals surface area contributed by atoms with E-state index in [0.717, 1.165) is 11.8 Å². The standard InChI is InChI=1S/C13H18N4O7S2/c18-10(4-26-5-11(19)24-23)16-9(3-25)12(20)17-8(13(21)22)1-7-2-14-6-15-7/h2,6,8-9,23,25H,1,3-5H2,(H,14,15)(H,16,18)(H,17,20)(H,21,22)/t8-,9-/m0/s1. The molecule has 11 nitrogen and oxygen atoms in total. The Morgan fingerprint density at radius 3 is 2.54 bits per heavy atom. The Bertz CT molecular complexity index is 626. The molecule has 2 atom stereocenters. The summed E-state index contributed by atoms with van der Waals surface area (Å²) >= 11 is 4.85. The first-order valence-corrected chi connectivity index (χ1v) is 8.98. The van der Waals surface area contributed by atoms with Crippen molar-refractivity contribution in [2.24, 2.45) is 0 Å². The van der Waals surface area contributed by atoms with E-state index in [0.29, 0.717) is 5.69 Å². The number of carbonyl (C=O) groups is 4. The molecule has 0 aliphatic rings. The molecule has 0 saturated carbocycles. The smallest absolute Gasteiger partial charge is 0.351 e. The van der Waals surface area contributed by atoms with Crippen LogP contribution in [0.2, 0.25) is 0 Å². The molecule has 0 aliphatic heterocycles. The molecule has 0 radical (unpaired) electrons. The van der Waals surface area contributed by atoms with Crippen LogP contribution < -0.4 is 10.6 Å². The second kappa shape index (κ2) is 11.4. The van der Waals surface area contributed by atoms with Gasteiger partial charge in [-0.15, -0.1) is 11.8 Å². The number of aromatic amines is 1. The molecule has 1 aromatic rings. The van der Waals surface area contributed by atoms with Crippen LogP contribution in [0.3, 0.4) is 0 Å². The van der Waals surface area contributed by atoms with E-state index in [2.05, 4.69) is 38.1 Å². The van der Waals surface area contributed by atoms with Crippen molar-refractivity contribution >= 4 is 48.1 Å². The highest BCUT2D eigenvalue weighted by molar-refractivity contribution is 8.00. The van der Waals surface area contributed by atoms with Gasteiger partial charge in [0.25, 0.3) is 0 Å². The van der Waals surface area contributed by atoms with Crippen LogP contribution in [0, 0.1) is 0 Å². The highest BCUT2D eigenvalue weighted by Gasteiger charge is 2.26. The first kappa shape index (κ1) is 21.8. The fourth-order valence-electron chi connectivity index (χ4n) is 1.77. The average Bonchev–Trinajstić information content (AvgIpc) is 3.11. The molecule has 13 heteroatoms. The van der Waals surface area contributed by atoms with Gasteiger partial charge in [-0.3, -0.25) is 9.59 Å². The molecule has 1 rings (SSSR count). The predicted molar refractivity (Wildman–Crippen MR) is 93.7 cm³/mol. The van der Waals surface area contributed by atoms with E-state index in [1.807, 2.05) is 0 Å². The Balaban J connectivity index is 2.53. The first-order chi connectivity index (χ1) is 12.4. The molecular formula is C13H18N4O7S2. The number of imidazole rings is 1. The molecular weight excluding hydrogens is 388 g/mol. The zero-order valence-electron chi connectivity index (χ0n) is 13.4. The first-order valence-electron chi connectivity index (χ1n) is 7.20. The summed E-state index contributed by atoms with van der Waals surface area (Å²) in [6.07, 6.45) is 2.82. The van der Waals surface area contributed by atoms with Crippen molar-refractivity contribution in [3.05, 3.63) is 18.2 Å². The van der Waals surface area contributed by atoms with Gasteiger partial charge in [-0.2, -0.15) is 17.9 Å². The summed E-state index contributed by atoms with van der Waals surface area (Å²) in [5.41, 5.74) is 0.524. The number of amides is 2. The molecule has 144 valence electrons. The Labute approximate surface area is 157 Å². The van der Waals surface area contributed by atoms with E-state index in [9.17, 15) is 24.3 Å². The molecule has 26 heavy (non-hydrogen) atoms. The van der Waals surface area contributed by atoms with Gasteiger partial charge in [-0.1, -0.05) is 0 Å². The topological polar surface area (TPSA) is 171 Å². The third-order valence-corrected chi connectivity index (χ3v) is 4.25. The van der Waals surface area contributed by atoms with Crippen LogP contribution in [-0.4, -0.2) is 73.4 Å². The molecule has 1 aromatic heterocycles. The zero-order valence-corrected chi connectivity index (χ0v) is 15.1.